The number of hydrogen-bond acceptors (Lipinski definition) is 3. The Kier molecular flexibility index (Phi) is 7.00. The number of aromatic nitrogens is 2. The SMILES string of the molecule is Cc1nn(CC2CCC(COCC(=O)O)CC2)c(-c2ccccc2F)c1-c1ccccc1. The van der Waals surface area contributed by atoms with Crippen molar-refractivity contribution in [2.24, 2.45) is 11.8 Å². The molecule has 4 rings (SSSR count). The van der Waals surface area contributed by atoms with Gasteiger partial charge in [-0.15, -0.1) is 0 Å². The van der Waals surface area contributed by atoms with Crippen LogP contribution >= 0.6 is 0 Å². The third-order valence-electron chi connectivity index (χ3n) is 6.30. The van der Waals surface area contributed by atoms with E-state index in [0.29, 0.717) is 24.0 Å². The predicted octanol–water partition coefficient (Wildman–Crippen LogP) is 5.57. The summed E-state index contributed by atoms with van der Waals surface area (Å²) in [7, 11) is 0. The molecule has 5 nitrogen and oxygen atoms in total. The van der Waals surface area contributed by atoms with Crippen LogP contribution in [0.2, 0.25) is 0 Å². The highest BCUT2D eigenvalue weighted by molar-refractivity contribution is 5.83. The predicted molar refractivity (Wildman–Crippen MR) is 122 cm³/mol. The topological polar surface area (TPSA) is 64.4 Å². The van der Waals surface area contributed by atoms with E-state index in [2.05, 4.69) is 0 Å². The Labute approximate surface area is 187 Å². The fourth-order valence-corrected chi connectivity index (χ4v) is 4.73. The molecule has 0 amide bonds. The fraction of sp³-hybridized carbons (Fsp3) is 0.385. The van der Waals surface area contributed by atoms with Gasteiger partial charge in [0.1, 0.15) is 12.4 Å². The van der Waals surface area contributed by atoms with Gasteiger partial charge in [-0.1, -0.05) is 42.5 Å². The summed E-state index contributed by atoms with van der Waals surface area (Å²) in [6, 6.07) is 16.9. The molecule has 0 saturated heterocycles. The standard InChI is InChI=1S/C26H29FN2O3/c1-18-25(21-7-3-2-4-8-21)26(22-9-5-6-10-23(22)27)29(28-18)15-19-11-13-20(14-12-19)16-32-17-24(30)31/h2-10,19-20H,11-17H2,1H3,(H,30,31). The second kappa shape index (κ2) is 10.1. The Hall–Kier alpha value is -2.99. The maximum atomic E-state index is 14.9. The monoisotopic (exact) mass is 436 g/mol. The molecule has 1 aliphatic rings. The zero-order chi connectivity index (χ0) is 22.5. The molecule has 2 aromatic carbocycles. The second-order valence-corrected chi connectivity index (χ2v) is 8.63. The van der Waals surface area contributed by atoms with E-state index in [1.54, 1.807) is 6.07 Å². The van der Waals surface area contributed by atoms with Crippen LogP contribution in [0.1, 0.15) is 31.4 Å². The quantitative estimate of drug-likeness (QED) is 0.501. The average molecular weight is 437 g/mol. The normalized spacial score (nSPS) is 18.6. The van der Waals surface area contributed by atoms with Crippen LogP contribution in [0.15, 0.2) is 54.6 Å². The first-order chi connectivity index (χ1) is 15.5. The minimum atomic E-state index is -0.928. The van der Waals surface area contributed by atoms with Crippen LogP contribution in [0.4, 0.5) is 4.39 Å². The molecule has 0 radical (unpaired) electrons. The van der Waals surface area contributed by atoms with E-state index in [1.807, 2.05) is 54.1 Å². The Bertz CT molecular complexity index is 1060. The molecule has 1 aromatic heterocycles. The molecular weight excluding hydrogens is 407 g/mol. The first kappa shape index (κ1) is 22.2. The fourth-order valence-electron chi connectivity index (χ4n) is 4.73. The number of carboxylic acid groups (broad SMARTS) is 1. The number of aliphatic carboxylic acids is 1. The van der Waals surface area contributed by atoms with Crippen molar-refractivity contribution in [3.8, 4) is 22.4 Å². The van der Waals surface area contributed by atoms with Crippen molar-refractivity contribution in [1.82, 2.24) is 9.78 Å². The molecule has 1 heterocycles. The average Bonchev–Trinajstić information content (AvgIpc) is 3.11. The van der Waals surface area contributed by atoms with Crippen molar-refractivity contribution in [2.75, 3.05) is 13.2 Å². The van der Waals surface area contributed by atoms with Gasteiger partial charge in [0.25, 0.3) is 0 Å². The lowest BCUT2D eigenvalue weighted by atomic mass is 9.82. The van der Waals surface area contributed by atoms with E-state index in [0.717, 1.165) is 54.7 Å². The maximum absolute atomic E-state index is 14.9. The second-order valence-electron chi connectivity index (χ2n) is 8.63. The van der Waals surface area contributed by atoms with Crippen LogP contribution in [0.5, 0.6) is 0 Å². The van der Waals surface area contributed by atoms with E-state index in [9.17, 15) is 9.18 Å². The molecule has 6 heteroatoms. The van der Waals surface area contributed by atoms with Crippen molar-refractivity contribution >= 4 is 5.97 Å². The Balaban J connectivity index is 1.56. The lowest BCUT2D eigenvalue weighted by Gasteiger charge is -2.28. The summed E-state index contributed by atoms with van der Waals surface area (Å²) in [6.07, 6.45) is 4.06. The highest BCUT2D eigenvalue weighted by Gasteiger charge is 2.26. The Morgan fingerprint density at radius 3 is 2.41 bits per heavy atom. The van der Waals surface area contributed by atoms with Crippen LogP contribution in [-0.4, -0.2) is 34.1 Å². The number of nitrogens with zero attached hydrogens (tertiary/aromatic N) is 2. The summed E-state index contributed by atoms with van der Waals surface area (Å²) in [6.45, 7) is 2.99. The first-order valence-corrected chi connectivity index (χ1v) is 11.2. The molecule has 168 valence electrons. The van der Waals surface area contributed by atoms with Gasteiger partial charge in [-0.2, -0.15) is 5.10 Å². The molecule has 32 heavy (non-hydrogen) atoms. The molecule has 3 aromatic rings. The lowest BCUT2D eigenvalue weighted by molar-refractivity contribution is -0.142. The molecule has 1 saturated carbocycles. The van der Waals surface area contributed by atoms with Crippen molar-refractivity contribution in [3.05, 3.63) is 66.1 Å². The number of carboxylic acids is 1. The van der Waals surface area contributed by atoms with Crippen LogP contribution in [0.25, 0.3) is 22.4 Å². The number of carbonyl (C=O) groups is 1. The van der Waals surface area contributed by atoms with Crippen LogP contribution in [-0.2, 0) is 16.1 Å². The van der Waals surface area contributed by atoms with E-state index in [1.165, 1.54) is 6.07 Å². The lowest BCUT2D eigenvalue weighted by Crippen LogP contribution is -2.23. The zero-order valence-corrected chi connectivity index (χ0v) is 18.3. The number of ether oxygens (including phenoxy) is 1. The number of benzene rings is 2. The van der Waals surface area contributed by atoms with Crippen molar-refractivity contribution in [1.29, 1.82) is 0 Å². The van der Waals surface area contributed by atoms with Gasteiger partial charge in [0.2, 0.25) is 0 Å². The van der Waals surface area contributed by atoms with Crippen molar-refractivity contribution in [3.63, 3.8) is 0 Å². The number of rotatable bonds is 8. The van der Waals surface area contributed by atoms with Crippen LogP contribution in [0.3, 0.4) is 0 Å². The number of aryl methyl sites for hydroxylation is 1. The third-order valence-corrected chi connectivity index (χ3v) is 6.30. The summed E-state index contributed by atoms with van der Waals surface area (Å²) in [5.41, 5.74) is 4.31. The molecule has 0 bridgehead atoms. The zero-order valence-electron chi connectivity index (χ0n) is 18.3. The molecule has 0 unspecified atom stereocenters. The highest BCUT2D eigenvalue weighted by atomic mass is 19.1. The van der Waals surface area contributed by atoms with Gasteiger partial charge in [-0.3, -0.25) is 4.68 Å². The molecule has 1 N–H and O–H groups in total. The molecule has 1 aliphatic carbocycles. The third kappa shape index (κ3) is 5.07. The largest absolute Gasteiger partial charge is 0.480 e. The van der Waals surface area contributed by atoms with Gasteiger partial charge >= 0.3 is 5.97 Å². The molecular formula is C26H29FN2O3. The van der Waals surface area contributed by atoms with Crippen molar-refractivity contribution < 1.29 is 19.0 Å². The van der Waals surface area contributed by atoms with E-state index in [-0.39, 0.29) is 12.4 Å². The van der Waals surface area contributed by atoms with Gasteiger partial charge in [0, 0.05) is 17.7 Å². The Morgan fingerprint density at radius 2 is 1.72 bits per heavy atom. The summed E-state index contributed by atoms with van der Waals surface area (Å²) in [5.74, 6) is -0.331. The first-order valence-electron chi connectivity index (χ1n) is 11.2. The maximum Gasteiger partial charge on any atom is 0.329 e. The van der Waals surface area contributed by atoms with Gasteiger partial charge in [-0.05, 0) is 62.1 Å². The van der Waals surface area contributed by atoms with E-state index in [4.69, 9.17) is 14.9 Å². The van der Waals surface area contributed by atoms with E-state index >= 15 is 0 Å². The highest BCUT2D eigenvalue weighted by Crippen LogP contribution is 2.38. The number of hydrogen-bond donors (Lipinski definition) is 1. The summed E-state index contributed by atoms with van der Waals surface area (Å²) >= 11 is 0. The molecule has 0 aliphatic heterocycles. The van der Waals surface area contributed by atoms with Crippen LogP contribution in [0, 0.1) is 24.6 Å². The number of halogens is 1. The van der Waals surface area contributed by atoms with Gasteiger partial charge in [-0.25, -0.2) is 9.18 Å². The van der Waals surface area contributed by atoms with Crippen molar-refractivity contribution in [2.45, 2.75) is 39.2 Å². The molecule has 1 fully saturated rings. The summed E-state index contributed by atoms with van der Waals surface area (Å²) < 4.78 is 22.1. The molecule has 0 spiro atoms. The van der Waals surface area contributed by atoms with Gasteiger partial charge in [0.15, 0.2) is 0 Å². The summed E-state index contributed by atoms with van der Waals surface area (Å²) in [4.78, 5) is 10.6. The minimum Gasteiger partial charge on any atom is -0.480 e. The Morgan fingerprint density at radius 1 is 1.06 bits per heavy atom. The summed E-state index contributed by atoms with van der Waals surface area (Å²) in [5, 5.41) is 13.6. The van der Waals surface area contributed by atoms with E-state index < -0.39 is 5.97 Å². The van der Waals surface area contributed by atoms with Gasteiger partial charge in [0.05, 0.1) is 18.0 Å². The van der Waals surface area contributed by atoms with Crippen LogP contribution < -0.4 is 0 Å². The minimum absolute atomic E-state index is 0.235. The smallest absolute Gasteiger partial charge is 0.329 e. The van der Waals surface area contributed by atoms with Gasteiger partial charge < -0.3 is 9.84 Å². The molecule has 0 atom stereocenters.